The highest BCUT2D eigenvalue weighted by atomic mass is 79.9. The summed E-state index contributed by atoms with van der Waals surface area (Å²) in [7, 11) is 1.66. The van der Waals surface area contributed by atoms with E-state index in [1.807, 2.05) is 36.4 Å². The molecule has 5 heteroatoms. The van der Waals surface area contributed by atoms with Gasteiger partial charge in [-0.2, -0.15) is 0 Å². The van der Waals surface area contributed by atoms with E-state index in [9.17, 15) is 0 Å². The molecule has 0 saturated carbocycles. The molecule has 0 bridgehead atoms. The van der Waals surface area contributed by atoms with Crippen LogP contribution in [0.1, 0.15) is 17.2 Å². The summed E-state index contributed by atoms with van der Waals surface area (Å²) < 4.78 is 7.31. The molecular weight excluding hydrogens is 405 g/mol. The van der Waals surface area contributed by atoms with Crippen molar-refractivity contribution in [3.63, 3.8) is 0 Å². The zero-order chi connectivity index (χ0) is 14.7. The van der Waals surface area contributed by atoms with Gasteiger partial charge in [0.15, 0.2) is 0 Å². The largest absolute Gasteiger partial charge is 0.496 e. The molecule has 2 aromatic carbocycles. The molecule has 0 aromatic heterocycles. The molecule has 1 atom stereocenters. The van der Waals surface area contributed by atoms with Gasteiger partial charge in [0.1, 0.15) is 5.75 Å². The smallest absolute Gasteiger partial charge is 0.122 e. The Balaban J connectivity index is 2.27. The lowest BCUT2D eigenvalue weighted by Gasteiger charge is -2.15. The maximum atomic E-state index is 6.29. The summed E-state index contributed by atoms with van der Waals surface area (Å²) in [6.07, 6.45) is 0.676. The highest BCUT2D eigenvalue weighted by molar-refractivity contribution is 9.10. The summed E-state index contributed by atoms with van der Waals surface area (Å²) in [6.45, 7) is 0. The Kier molecular flexibility index (Phi) is 5.49. The van der Waals surface area contributed by atoms with Gasteiger partial charge in [-0.15, -0.1) is 0 Å². The Labute approximate surface area is 140 Å². The zero-order valence-electron chi connectivity index (χ0n) is 10.9. The van der Waals surface area contributed by atoms with E-state index in [4.69, 9.17) is 22.1 Å². The first-order chi connectivity index (χ1) is 9.49. The molecule has 2 aromatic rings. The maximum Gasteiger partial charge on any atom is 0.122 e. The molecule has 0 saturated heterocycles. The van der Waals surface area contributed by atoms with Crippen molar-refractivity contribution in [1.82, 2.24) is 0 Å². The Hall–Kier alpha value is -0.550. The molecule has 0 fully saturated rings. The molecule has 106 valence electrons. The van der Waals surface area contributed by atoms with Crippen LogP contribution in [0, 0.1) is 0 Å². The first kappa shape index (κ1) is 15.8. The number of hydrogen-bond acceptors (Lipinski definition) is 2. The van der Waals surface area contributed by atoms with Gasteiger partial charge in [0.25, 0.3) is 0 Å². The van der Waals surface area contributed by atoms with Crippen molar-refractivity contribution in [1.29, 1.82) is 0 Å². The van der Waals surface area contributed by atoms with Crippen LogP contribution in [0.3, 0.4) is 0 Å². The number of halogens is 3. The van der Waals surface area contributed by atoms with Crippen LogP contribution in [-0.4, -0.2) is 7.11 Å². The van der Waals surface area contributed by atoms with E-state index in [0.29, 0.717) is 11.4 Å². The van der Waals surface area contributed by atoms with Gasteiger partial charge in [-0.25, -0.2) is 0 Å². The normalized spacial score (nSPS) is 12.2. The van der Waals surface area contributed by atoms with Gasteiger partial charge < -0.3 is 10.5 Å². The van der Waals surface area contributed by atoms with Crippen molar-refractivity contribution >= 4 is 43.5 Å². The highest BCUT2D eigenvalue weighted by Gasteiger charge is 2.12. The lowest BCUT2D eigenvalue weighted by molar-refractivity contribution is 0.408. The van der Waals surface area contributed by atoms with Crippen LogP contribution < -0.4 is 10.5 Å². The van der Waals surface area contributed by atoms with Crippen LogP contribution in [0.5, 0.6) is 5.75 Å². The maximum absolute atomic E-state index is 6.29. The number of hydrogen-bond donors (Lipinski definition) is 1. The first-order valence-electron chi connectivity index (χ1n) is 6.03. The van der Waals surface area contributed by atoms with Crippen molar-refractivity contribution in [2.24, 2.45) is 5.73 Å². The molecule has 0 spiro atoms. The molecule has 1 unspecified atom stereocenters. The molecule has 0 heterocycles. The summed E-state index contributed by atoms with van der Waals surface area (Å²) in [5.41, 5.74) is 8.34. The van der Waals surface area contributed by atoms with Crippen LogP contribution in [0.2, 0.25) is 5.02 Å². The Morgan fingerprint density at radius 1 is 1.15 bits per heavy atom. The Morgan fingerprint density at radius 3 is 2.55 bits per heavy atom. The number of ether oxygens (including phenoxy) is 1. The third kappa shape index (κ3) is 3.98. The average Bonchev–Trinajstić information content (AvgIpc) is 2.37. The molecule has 2 rings (SSSR count). The van der Waals surface area contributed by atoms with Gasteiger partial charge in [-0.3, -0.25) is 0 Å². The lowest BCUT2D eigenvalue weighted by atomic mass is 9.99. The van der Waals surface area contributed by atoms with E-state index < -0.39 is 0 Å². The standard InChI is InChI=1S/C15H14Br2ClNO/c1-20-15-3-2-11(16)5-10(15)7-14(19)9-4-12(17)8-13(18)6-9/h2-6,8,14H,7,19H2,1H3. The topological polar surface area (TPSA) is 35.2 Å². The minimum Gasteiger partial charge on any atom is -0.496 e. The zero-order valence-corrected chi connectivity index (χ0v) is 14.8. The molecule has 20 heavy (non-hydrogen) atoms. The van der Waals surface area contributed by atoms with Crippen molar-refractivity contribution in [2.75, 3.05) is 7.11 Å². The van der Waals surface area contributed by atoms with Crippen LogP contribution >= 0.6 is 43.5 Å². The average molecular weight is 420 g/mol. The lowest BCUT2D eigenvalue weighted by Crippen LogP contribution is -2.14. The molecule has 0 radical (unpaired) electrons. The summed E-state index contributed by atoms with van der Waals surface area (Å²) in [5.74, 6) is 0.838. The minimum absolute atomic E-state index is 0.145. The molecular formula is C15H14Br2ClNO. The summed E-state index contributed by atoms with van der Waals surface area (Å²) in [4.78, 5) is 0. The first-order valence-corrected chi connectivity index (χ1v) is 8.00. The molecule has 0 aliphatic carbocycles. The van der Waals surface area contributed by atoms with Gasteiger partial charge >= 0.3 is 0 Å². The van der Waals surface area contributed by atoms with Gasteiger partial charge in [-0.1, -0.05) is 43.5 Å². The van der Waals surface area contributed by atoms with Gasteiger partial charge in [-0.05, 0) is 53.9 Å². The second kappa shape index (κ2) is 6.94. The molecule has 0 amide bonds. The van der Waals surface area contributed by atoms with Gasteiger partial charge in [0, 0.05) is 20.0 Å². The predicted octanol–water partition coefficient (Wildman–Crippen LogP) is 5.12. The van der Waals surface area contributed by atoms with E-state index in [-0.39, 0.29) is 6.04 Å². The van der Waals surface area contributed by atoms with Crippen LogP contribution in [0.4, 0.5) is 0 Å². The van der Waals surface area contributed by atoms with Gasteiger partial charge in [0.05, 0.1) is 7.11 Å². The fourth-order valence-corrected chi connectivity index (χ4v) is 3.35. The fraction of sp³-hybridized carbons (Fsp3) is 0.200. The highest BCUT2D eigenvalue weighted by Crippen LogP contribution is 2.29. The molecule has 0 aliphatic rings. The van der Waals surface area contributed by atoms with Gasteiger partial charge in [0.2, 0.25) is 0 Å². The minimum atomic E-state index is -0.145. The number of rotatable bonds is 4. The predicted molar refractivity (Wildman–Crippen MR) is 90.5 cm³/mol. The van der Waals surface area contributed by atoms with E-state index in [0.717, 1.165) is 25.8 Å². The quantitative estimate of drug-likeness (QED) is 0.747. The van der Waals surface area contributed by atoms with E-state index in [1.54, 1.807) is 7.11 Å². The molecule has 2 N–H and O–H groups in total. The summed E-state index contributed by atoms with van der Waals surface area (Å²) in [6, 6.07) is 11.5. The number of nitrogens with two attached hydrogens (primary N) is 1. The van der Waals surface area contributed by atoms with Crippen molar-refractivity contribution in [2.45, 2.75) is 12.5 Å². The van der Waals surface area contributed by atoms with E-state index >= 15 is 0 Å². The van der Waals surface area contributed by atoms with Crippen molar-refractivity contribution < 1.29 is 4.74 Å². The van der Waals surface area contributed by atoms with Crippen LogP contribution in [0.15, 0.2) is 45.3 Å². The van der Waals surface area contributed by atoms with Crippen molar-refractivity contribution in [3.8, 4) is 5.75 Å². The van der Waals surface area contributed by atoms with E-state index in [1.165, 1.54) is 0 Å². The Morgan fingerprint density at radius 2 is 1.90 bits per heavy atom. The second-order valence-corrected chi connectivity index (χ2v) is 6.74. The van der Waals surface area contributed by atoms with Crippen LogP contribution in [0.25, 0.3) is 0 Å². The summed E-state index contributed by atoms with van der Waals surface area (Å²) >= 11 is 13.0. The SMILES string of the molecule is COc1ccc(Br)cc1CC(N)c1cc(Cl)cc(Br)c1. The molecule has 0 aliphatic heterocycles. The number of benzene rings is 2. The monoisotopic (exact) mass is 417 g/mol. The Bertz CT molecular complexity index is 599. The number of methoxy groups -OCH3 is 1. The van der Waals surface area contributed by atoms with E-state index in [2.05, 4.69) is 31.9 Å². The summed E-state index contributed by atoms with van der Waals surface area (Å²) in [5, 5.41) is 0.672. The second-order valence-electron chi connectivity index (χ2n) is 4.47. The van der Waals surface area contributed by atoms with Crippen molar-refractivity contribution in [3.05, 3.63) is 61.5 Å². The third-order valence-corrected chi connectivity index (χ3v) is 4.16. The van der Waals surface area contributed by atoms with Crippen LogP contribution in [-0.2, 0) is 6.42 Å². The third-order valence-electron chi connectivity index (χ3n) is 3.00. The molecule has 2 nitrogen and oxygen atoms in total. The fourth-order valence-electron chi connectivity index (χ4n) is 2.05.